The van der Waals surface area contributed by atoms with E-state index in [1.807, 2.05) is 0 Å². The molecule has 0 aliphatic rings. The molecule has 2 rings (SSSR count). The van der Waals surface area contributed by atoms with E-state index in [1.165, 1.54) is 0 Å². The molecule has 0 heterocycles. The maximum atomic E-state index is 14.3. The molecule has 0 saturated carbocycles. The summed E-state index contributed by atoms with van der Waals surface area (Å²) in [6.07, 6.45) is -7.04. The molecule has 29 heavy (non-hydrogen) atoms. The number of rotatable bonds is 5. The van der Waals surface area contributed by atoms with Crippen LogP contribution < -0.4 is 0 Å². The second kappa shape index (κ2) is 6.52. The number of carbonyl (C=O) groups is 2. The van der Waals surface area contributed by atoms with Gasteiger partial charge in [-0.3, -0.25) is 0 Å². The Hall–Kier alpha value is -2.99. The van der Waals surface area contributed by atoms with Crippen molar-refractivity contribution in [1.82, 2.24) is 0 Å². The SMILES string of the molecule is O=C(O)c1cccc2c(C(F)(F)C(F)(F)C(F)(F)C(F)(F)F)ccc(C(=O)O)c12. The van der Waals surface area contributed by atoms with Crippen molar-refractivity contribution in [1.29, 1.82) is 0 Å². The van der Waals surface area contributed by atoms with E-state index in [9.17, 15) is 49.1 Å². The van der Waals surface area contributed by atoms with Crippen LogP contribution in [0.3, 0.4) is 0 Å². The first-order valence-electron chi connectivity index (χ1n) is 7.21. The smallest absolute Gasteiger partial charge is 0.460 e. The highest BCUT2D eigenvalue weighted by molar-refractivity contribution is 6.13. The van der Waals surface area contributed by atoms with Crippen molar-refractivity contribution in [2.45, 2.75) is 23.9 Å². The topological polar surface area (TPSA) is 74.6 Å². The lowest BCUT2D eigenvalue weighted by atomic mass is 9.89. The zero-order valence-electron chi connectivity index (χ0n) is 13.5. The minimum Gasteiger partial charge on any atom is -0.478 e. The molecule has 0 atom stereocenters. The third kappa shape index (κ3) is 3.13. The van der Waals surface area contributed by atoms with Crippen molar-refractivity contribution in [3.63, 3.8) is 0 Å². The van der Waals surface area contributed by atoms with Gasteiger partial charge in [-0.05, 0) is 17.5 Å². The Labute approximate surface area is 154 Å². The largest absolute Gasteiger partial charge is 0.478 e. The van der Waals surface area contributed by atoms with Gasteiger partial charge >= 0.3 is 35.9 Å². The minimum atomic E-state index is -7.16. The Morgan fingerprint density at radius 1 is 0.690 bits per heavy atom. The molecule has 0 aliphatic heterocycles. The third-order valence-electron chi connectivity index (χ3n) is 3.98. The number of halogens is 9. The molecule has 2 N–H and O–H groups in total. The summed E-state index contributed by atoms with van der Waals surface area (Å²) in [7, 11) is 0. The van der Waals surface area contributed by atoms with Crippen LogP contribution in [0.5, 0.6) is 0 Å². The lowest BCUT2D eigenvalue weighted by molar-refractivity contribution is -0.399. The number of aromatic carboxylic acids is 2. The molecule has 0 radical (unpaired) electrons. The quantitative estimate of drug-likeness (QED) is 0.638. The van der Waals surface area contributed by atoms with E-state index in [1.54, 1.807) is 0 Å². The fourth-order valence-corrected chi connectivity index (χ4v) is 2.58. The molecule has 0 unspecified atom stereocenters. The Morgan fingerprint density at radius 2 is 1.17 bits per heavy atom. The first kappa shape index (κ1) is 22.3. The second-order valence-corrected chi connectivity index (χ2v) is 5.72. The van der Waals surface area contributed by atoms with Crippen LogP contribution >= 0.6 is 0 Å². The summed E-state index contributed by atoms with van der Waals surface area (Å²) < 4.78 is 119. The van der Waals surface area contributed by atoms with E-state index in [-0.39, 0.29) is 12.1 Å². The van der Waals surface area contributed by atoms with Crippen LogP contribution in [0.1, 0.15) is 26.3 Å². The number of carboxylic acids is 2. The van der Waals surface area contributed by atoms with Crippen molar-refractivity contribution in [3.8, 4) is 0 Å². The third-order valence-corrected chi connectivity index (χ3v) is 3.98. The summed E-state index contributed by atoms with van der Waals surface area (Å²) in [5.41, 5.74) is -4.04. The summed E-state index contributed by atoms with van der Waals surface area (Å²) in [4.78, 5) is 22.5. The van der Waals surface area contributed by atoms with Crippen LogP contribution in [0.4, 0.5) is 39.5 Å². The van der Waals surface area contributed by atoms with E-state index in [0.29, 0.717) is 18.2 Å². The normalized spacial score (nSPS) is 13.6. The van der Waals surface area contributed by atoms with Gasteiger partial charge in [-0.25, -0.2) is 9.59 Å². The molecule has 0 amide bonds. The van der Waals surface area contributed by atoms with Crippen LogP contribution in [-0.2, 0) is 5.92 Å². The molecular formula is C16H7F9O4. The van der Waals surface area contributed by atoms with Gasteiger partial charge < -0.3 is 10.2 Å². The van der Waals surface area contributed by atoms with Crippen molar-refractivity contribution in [3.05, 3.63) is 47.0 Å². The number of fused-ring (bicyclic) bond motifs is 1. The van der Waals surface area contributed by atoms with Gasteiger partial charge in [0.2, 0.25) is 0 Å². The summed E-state index contributed by atoms with van der Waals surface area (Å²) in [5, 5.41) is 15.9. The first-order valence-corrected chi connectivity index (χ1v) is 7.21. The van der Waals surface area contributed by atoms with Crippen LogP contribution in [0, 0.1) is 0 Å². The molecule has 4 nitrogen and oxygen atoms in total. The van der Waals surface area contributed by atoms with Gasteiger partial charge in [-0.15, -0.1) is 0 Å². The lowest BCUT2D eigenvalue weighted by Crippen LogP contribution is -2.59. The molecule has 0 saturated heterocycles. The highest BCUT2D eigenvalue weighted by Gasteiger charge is 2.82. The van der Waals surface area contributed by atoms with Gasteiger partial charge in [0, 0.05) is 10.9 Å². The summed E-state index contributed by atoms with van der Waals surface area (Å²) in [5.74, 6) is -24.1. The number of alkyl halides is 9. The molecule has 0 spiro atoms. The zero-order chi connectivity index (χ0) is 22.6. The van der Waals surface area contributed by atoms with Crippen LogP contribution in [0.2, 0.25) is 0 Å². The molecule has 0 fully saturated rings. The summed E-state index contributed by atoms with van der Waals surface area (Å²) in [6, 6.07) is 2.05. The van der Waals surface area contributed by atoms with E-state index in [2.05, 4.69) is 0 Å². The van der Waals surface area contributed by atoms with Crippen molar-refractivity contribution in [2.75, 3.05) is 0 Å². The van der Waals surface area contributed by atoms with Gasteiger partial charge in [0.1, 0.15) is 0 Å². The van der Waals surface area contributed by atoms with Crippen LogP contribution in [-0.4, -0.2) is 40.2 Å². The Bertz CT molecular complexity index is 976. The van der Waals surface area contributed by atoms with E-state index < -0.39 is 63.3 Å². The predicted molar refractivity (Wildman–Crippen MR) is 77.7 cm³/mol. The molecule has 13 heteroatoms. The Morgan fingerprint density at radius 3 is 1.62 bits per heavy atom. The van der Waals surface area contributed by atoms with E-state index in [0.717, 1.165) is 0 Å². The highest BCUT2D eigenvalue weighted by atomic mass is 19.4. The average molecular weight is 434 g/mol. The number of benzene rings is 2. The lowest BCUT2D eigenvalue weighted by Gasteiger charge is -2.34. The van der Waals surface area contributed by atoms with Gasteiger partial charge in [0.25, 0.3) is 0 Å². The highest BCUT2D eigenvalue weighted by Crippen LogP contribution is 2.57. The molecule has 2 aromatic rings. The van der Waals surface area contributed by atoms with E-state index in [4.69, 9.17) is 10.2 Å². The van der Waals surface area contributed by atoms with Crippen LogP contribution in [0.15, 0.2) is 30.3 Å². The zero-order valence-corrected chi connectivity index (χ0v) is 13.5. The summed E-state index contributed by atoms with van der Waals surface area (Å²) >= 11 is 0. The van der Waals surface area contributed by atoms with Gasteiger partial charge in [0.15, 0.2) is 0 Å². The average Bonchev–Trinajstić information content (AvgIpc) is 2.58. The standard InChI is InChI=1S/C16H7F9O4/c17-13(18,14(19,20)15(21,22)16(23,24)25)9-5-4-8(12(28)29)10-6(9)2-1-3-7(10)11(26)27/h1-5H,(H,26,27)(H,28,29). The minimum absolute atomic E-state index is 0.0716. The number of hydrogen-bond acceptors (Lipinski definition) is 2. The number of carboxylic acid groups (broad SMARTS) is 2. The Balaban J connectivity index is 2.93. The molecule has 0 bridgehead atoms. The van der Waals surface area contributed by atoms with Gasteiger partial charge in [-0.1, -0.05) is 18.2 Å². The molecule has 0 aliphatic carbocycles. The molecular weight excluding hydrogens is 427 g/mol. The van der Waals surface area contributed by atoms with Crippen LogP contribution in [0.25, 0.3) is 10.8 Å². The first-order chi connectivity index (χ1) is 13.0. The maximum Gasteiger partial charge on any atom is 0.460 e. The Kier molecular flexibility index (Phi) is 5.02. The molecule has 158 valence electrons. The molecule has 0 aromatic heterocycles. The fraction of sp³-hybridized carbons (Fsp3) is 0.250. The van der Waals surface area contributed by atoms with E-state index >= 15 is 0 Å². The van der Waals surface area contributed by atoms with Crippen molar-refractivity contribution in [2.24, 2.45) is 0 Å². The summed E-state index contributed by atoms with van der Waals surface area (Å²) in [6.45, 7) is 0. The second-order valence-electron chi connectivity index (χ2n) is 5.72. The molecule has 2 aromatic carbocycles. The van der Waals surface area contributed by atoms with Gasteiger partial charge in [0.05, 0.1) is 11.1 Å². The fourth-order valence-electron chi connectivity index (χ4n) is 2.58. The van der Waals surface area contributed by atoms with Crippen molar-refractivity contribution >= 4 is 22.7 Å². The monoisotopic (exact) mass is 434 g/mol. The number of hydrogen-bond donors (Lipinski definition) is 2. The van der Waals surface area contributed by atoms with Crippen molar-refractivity contribution < 1.29 is 59.3 Å². The predicted octanol–water partition coefficient (Wildman–Crippen LogP) is 5.16. The van der Waals surface area contributed by atoms with Gasteiger partial charge in [-0.2, -0.15) is 39.5 Å². The maximum absolute atomic E-state index is 14.3.